The van der Waals surface area contributed by atoms with E-state index in [0.717, 1.165) is 37.7 Å². The molecule has 0 saturated heterocycles. The molecule has 11 nitrogen and oxygen atoms in total. The molecule has 0 radical (unpaired) electrons. The van der Waals surface area contributed by atoms with Crippen LogP contribution in [0.2, 0.25) is 5.02 Å². The third-order valence-corrected chi connectivity index (χ3v) is 7.77. The summed E-state index contributed by atoms with van der Waals surface area (Å²) in [5.41, 5.74) is 18.4. The molecule has 10 N–H and O–H groups in total. The maximum atomic E-state index is 13.9. The van der Waals surface area contributed by atoms with Crippen LogP contribution in [-0.2, 0) is 20.8 Å². The molecule has 1 unspecified atom stereocenters. The second kappa shape index (κ2) is 15.8. The number of halogens is 1. The van der Waals surface area contributed by atoms with Crippen molar-refractivity contribution in [1.29, 1.82) is 5.41 Å². The van der Waals surface area contributed by atoms with E-state index in [0.29, 0.717) is 29.0 Å². The molecule has 12 heteroatoms. The van der Waals surface area contributed by atoms with Crippen molar-refractivity contribution in [1.82, 2.24) is 10.6 Å². The van der Waals surface area contributed by atoms with Crippen LogP contribution in [0, 0.1) is 11.3 Å². The van der Waals surface area contributed by atoms with E-state index < -0.39 is 29.9 Å². The quantitative estimate of drug-likeness (QED) is 0.0981. The van der Waals surface area contributed by atoms with Crippen molar-refractivity contribution in [2.45, 2.75) is 69.4 Å². The molecule has 0 aliphatic heterocycles. The number of carboxylic acids is 1. The van der Waals surface area contributed by atoms with Gasteiger partial charge in [-0.25, -0.2) is 4.79 Å². The monoisotopic (exact) mass is 597 g/mol. The van der Waals surface area contributed by atoms with Gasteiger partial charge in [0.1, 0.15) is 17.9 Å². The second-order valence-corrected chi connectivity index (χ2v) is 11.1. The minimum absolute atomic E-state index is 0.0528. The summed E-state index contributed by atoms with van der Waals surface area (Å²) < 4.78 is 0. The van der Waals surface area contributed by atoms with Gasteiger partial charge in [-0.3, -0.25) is 20.0 Å². The van der Waals surface area contributed by atoms with Gasteiger partial charge < -0.3 is 32.9 Å². The van der Waals surface area contributed by atoms with Gasteiger partial charge in [0.05, 0.1) is 5.92 Å². The van der Waals surface area contributed by atoms with Crippen molar-refractivity contribution in [2.75, 3.05) is 6.54 Å². The SMILES string of the molecule is N=C(N)c1ccc(CC(C(=O)N[C@H](C(=O)N[C@@H](CCCN=C(N)N)C(=O)O)C2CCCCC2)c2cccc(Cl)c2)cc1. The van der Waals surface area contributed by atoms with Crippen molar-refractivity contribution < 1.29 is 19.5 Å². The zero-order valence-electron chi connectivity index (χ0n) is 23.5. The molecule has 0 aromatic heterocycles. The lowest BCUT2D eigenvalue weighted by Crippen LogP contribution is -2.55. The minimum Gasteiger partial charge on any atom is -0.480 e. The van der Waals surface area contributed by atoms with Crippen LogP contribution in [0.25, 0.3) is 0 Å². The Balaban J connectivity index is 1.84. The fourth-order valence-electron chi connectivity index (χ4n) is 5.28. The summed E-state index contributed by atoms with van der Waals surface area (Å²) in [5.74, 6) is -3.02. The van der Waals surface area contributed by atoms with E-state index in [1.165, 1.54) is 0 Å². The number of aliphatic carboxylic acids is 1. The first-order chi connectivity index (χ1) is 20.0. The Hall–Kier alpha value is -4.12. The molecule has 1 aliphatic rings. The number of nitrogens with one attached hydrogen (secondary N) is 3. The van der Waals surface area contributed by atoms with Crippen LogP contribution < -0.4 is 27.8 Å². The topological polar surface area (TPSA) is 210 Å². The lowest BCUT2D eigenvalue weighted by Gasteiger charge is -2.32. The minimum atomic E-state index is -1.17. The van der Waals surface area contributed by atoms with E-state index in [1.807, 2.05) is 18.2 Å². The largest absolute Gasteiger partial charge is 0.480 e. The number of hydrogen-bond acceptors (Lipinski definition) is 5. The van der Waals surface area contributed by atoms with Gasteiger partial charge in [-0.2, -0.15) is 0 Å². The lowest BCUT2D eigenvalue weighted by atomic mass is 9.82. The van der Waals surface area contributed by atoms with Crippen molar-refractivity contribution >= 4 is 41.2 Å². The average molecular weight is 598 g/mol. The lowest BCUT2D eigenvalue weighted by molar-refractivity contribution is -0.142. The van der Waals surface area contributed by atoms with Gasteiger partial charge in [0.2, 0.25) is 11.8 Å². The highest BCUT2D eigenvalue weighted by Crippen LogP contribution is 2.29. The summed E-state index contributed by atoms with van der Waals surface area (Å²) in [7, 11) is 0. The highest BCUT2D eigenvalue weighted by atomic mass is 35.5. The molecule has 3 rings (SSSR count). The number of amidine groups is 1. The Bertz CT molecular complexity index is 1270. The average Bonchev–Trinajstić information content (AvgIpc) is 2.96. The van der Waals surface area contributed by atoms with Crippen molar-refractivity contribution in [3.8, 4) is 0 Å². The van der Waals surface area contributed by atoms with Crippen molar-refractivity contribution in [3.63, 3.8) is 0 Å². The van der Waals surface area contributed by atoms with Crippen molar-refractivity contribution in [2.24, 2.45) is 28.1 Å². The first-order valence-electron chi connectivity index (χ1n) is 14.1. The van der Waals surface area contributed by atoms with Crippen LogP contribution in [0.1, 0.15) is 67.6 Å². The van der Waals surface area contributed by atoms with Gasteiger partial charge in [0.25, 0.3) is 0 Å². The number of carbonyl (C=O) groups is 3. The molecule has 1 fully saturated rings. The predicted molar refractivity (Wildman–Crippen MR) is 163 cm³/mol. The standard InChI is InChI=1S/C30H40ClN7O4/c31-22-9-4-8-21(17-22)23(16-18-11-13-20(14-12-18)26(32)33)27(39)38-25(19-6-2-1-3-7-19)28(40)37-24(29(41)42)10-5-15-36-30(34)35/h4,8-9,11-14,17,19,23-25H,1-3,5-7,10,15-16H2,(H3,32,33)(H,37,40)(H,38,39)(H,41,42)(H4,34,35,36)/t23?,24-,25-/m0/s1. The number of nitrogens with two attached hydrogens (primary N) is 3. The molecular weight excluding hydrogens is 558 g/mol. The van der Waals surface area contributed by atoms with Crippen LogP contribution in [0.3, 0.4) is 0 Å². The summed E-state index contributed by atoms with van der Waals surface area (Å²) >= 11 is 6.28. The van der Waals surface area contributed by atoms with E-state index >= 15 is 0 Å². The maximum Gasteiger partial charge on any atom is 0.326 e. The number of hydrogen-bond donors (Lipinski definition) is 7. The molecule has 2 aromatic carbocycles. The van der Waals surface area contributed by atoms with Crippen molar-refractivity contribution in [3.05, 3.63) is 70.2 Å². The van der Waals surface area contributed by atoms with Gasteiger partial charge in [0, 0.05) is 17.1 Å². The van der Waals surface area contributed by atoms with E-state index in [-0.39, 0.29) is 36.6 Å². The van der Waals surface area contributed by atoms with Gasteiger partial charge >= 0.3 is 5.97 Å². The molecular formula is C30H40ClN7O4. The van der Waals surface area contributed by atoms with Crippen LogP contribution in [0.4, 0.5) is 0 Å². The number of rotatable bonds is 14. The van der Waals surface area contributed by atoms with E-state index in [4.69, 9.17) is 34.2 Å². The smallest absolute Gasteiger partial charge is 0.326 e. The van der Waals surface area contributed by atoms with Crippen LogP contribution in [0.5, 0.6) is 0 Å². The normalized spacial score (nSPS) is 15.5. The Kier molecular flexibility index (Phi) is 12.2. The first kappa shape index (κ1) is 32.4. The van der Waals surface area contributed by atoms with Crippen LogP contribution in [0.15, 0.2) is 53.5 Å². The van der Waals surface area contributed by atoms with Crippen LogP contribution in [-0.4, -0.2) is 53.3 Å². The van der Waals surface area contributed by atoms with Gasteiger partial charge in [-0.05, 0) is 61.3 Å². The zero-order valence-corrected chi connectivity index (χ0v) is 24.3. The highest BCUT2D eigenvalue weighted by Gasteiger charge is 2.35. The van der Waals surface area contributed by atoms with Gasteiger partial charge in [-0.15, -0.1) is 0 Å². The third-order valence-electron chi connectivity index (χ3n) is 7.53. The number of carboxylic acid groups (broad SMARTS) is 1. The number of guanidine groups is 1. The molecule has 2 amide bonds. The summed E-state index contributed by atoms with van der Waals surface area (Å²) in [6.07, 6.45) is 5.18. The van der Waals surface area contributed by atoms with Gasteiger partial charge in [0.15, 0.2) is 5.96 Å². The fraction of sp³-hybridized carbons (Fsp3) is 0.433. The predicted octanol–water partition coefficient (Wildman–Crippen LogP) is 2.64. The maximum absolute atomic E-state index is 13.9. The Morgan fingerprint density at radius 2 is 1.69 bits per heavy atom. The summed E-state index contributed by atoms with van der Waals surface area (Å²) in [4.78, 5) is 43.4. The van der Waals surface area contributed by atoms with Crippen LogP contribution >= 0.6 is 11.6 Å². The Morgan fingerprint density at radius 1 is 1.00 bits per heavy atom. The molecule has 3 atom stereocenters. The highest BCUT2D eigenvalue weighted by molar-refractivity contribution is 6.30. The molecule has 42 heavy (non-hydrogen) atoms. The number of aliphatic imine (C=N–C) groups is 1. The summed E-state index contributed by atoms with van der Waals surface area (Å²) in [6.45, 7) is 0.236. The van der Waals surface area contributed by atoms with E-state index in [9.17, 15) is 19.5 Å². The Labute approximate surface area is 250 Å². The molecule has 226 valence electrons. The molecule has 0 heterocycles. The van der Waals surface area contributed by atoms with Gasteiger partial charge in [-0.1, -0.05) is 67.3 Å². The molecule has 1 saturated carbocycles. The second-order valence-electron chi connectivity index (χ2n) is 10.7. The molecule has 0 bridgehead atoms. The molecule has 1 aliphatic carbocycles. The summed E-state index contributed by atoms with van der Waals surface area (Å²) in [5, 5.41) is 23.5. The number of benzene rings is 2. The molecule has 0 spiro atoms. The number of amides is 2. The Morgan fingerprint density at radius 3 is 2.29 bits per heavy atom. The summed E-state index contributed by atoms with van der Waals surface area (Å²) in [6, 6.07) is 12.0. The first-order valence-corrected chi connectivity index (χ1v) is 14.5. The fourth-order valence-corrected chi connectivity index (χ4v) is 5.48. The zero-order chi connectivity index (χ0) is 30.6. The number of carbonyl (C=O) groups excluding carboxylic acids is 2. The third kappa shape index (κ3) is 9.76. The number of nitrogen functional groups attached to an aromatic ring is 1. The number of nitrogens with zero attached hydrogens (tertiary/aromatic N) is 1. The van der Waals surface area contributed by atoms with E-state index in [2.05, 4.69) is 15.6 Å². The molecule has 2 aromatic rings. The van der Waals surface area contributed by atoms with E-state index in [1.54, 1.807) is 30.3 Å².